The molecule has 3 rings (SSSR count). The highest BCUT2D eigenvalue weighted by Crippen LogP contribution is 2.38. The molecule has 3 N–H and O–H groups in total. The Morgan fingerprint density at radius 3 is 2.17 bits per heavy atom. The Labute approximate surface area is 174 Å². The summed E-state index contributed by atoms with van der Waals surface area (Å²) in [5.41, 5.74) is 1.72. The van der Waals surface area contributed by atoms with Crippen LogP contribution in [0.4, 0.5) is 4.39 Å². The molecule has 30 heavy (non-hydrogen) atoms. The summed E-state index contributed by atoms with van der Waals surface area (Å²) in [6, 6.07) is 11.7. The number of carbonyl (C=O) groups excluding carboxylic acids is 1. The van der Waals surface area contributed by atoms with Crippen molar-refractivity contribution in [2.45, 2.75) is 25.7 Å². The van der Waals surface area contributed by atoms with E-state index in [1.807, 2.05) is 0 Å². The molecule has 0 fully saturated rings. The van der Waals surface area contributed by atoms with E-state index in [1.165, 1.54) is 24.3 Å². The number of aromatic nitrogens is 2. The molecule has 0 saturated carbocycles. The van der Waals surface area contributed by atoms with Crippen LogP contribution < -0.4 is 9.88 Å². The SMILES string of the molecule is CC(C)(C)C(=O)COc1n[nH]c(-c2ccc(S(N)(=O)=O)cc2)c1-c1ccc(F)cc1. The van der Waals surface area contributed by atoms with Gasteiger partial charge in [-0.25, -0.2) is 17.9 Å². The van der Waals surface area contributed by atoms with Crippen molar-refractivity contribution in [1.29, 1.82) is 0 Å². The van der Waals surface area contributed by atoms with Crippen LogP contribution in [0, 0.1) is 11.2 Å². The molecule has 0 bridgehead atoms. The molecule has 0 atom stereocenters. The lowest BCUT2D eigenvalue weighted by Gasteiger charge is -2.16. The van der Waals surface area contributed by atoms with E-state index in [-0.39, 0.29) is 23.2 Å². The van der Waals surface area contributed by atoms with E-state index in [1.54, 1.807) is 45.0 Å². The number of aromatic amines is 1. The van der Waals surface area contributed by atoms with E-state index in [4.69, 9.17) is 9.88 Å². The number of halogens is 1. The van der Waals surface area contributed by atoms with Crippen molar-refractivity contribution in [3.63, 3.8) is 0 Å². The second-order valence-corrected chi connectivity index (χ2v) is 9.38. The Hall–Kier alpha value is -3.04. The molecule has 0 aliphatic rings. The topological polar surface area (TPSA) is 115 Å². The van der Waals surface area contributed by atoms with Gasteiger partial charge < -0.3 is 4.74 Å². The van der Waals surface area contributed by atoms with Crippen LogP contribution >= 0.6 is 0 Å². The van der Waals surface area contributed by atoms with E-state index >= 15 is 0 Å². The van der Waals surface area contributed by atoms with Gasteiger partial charge in [0, 0.05) is 11.0 Å². The lowest BCUT2D eigenvalue weighted by Crippen LogP contribution is -2.26. The molecule has 1 heterocycles. The molecular formula is C21H22FN3O4S. The van der Waals surface area contributed by atoms with E-state index in [2.05, 4.69) is 10.2 Å². The predicted octanol–water partition coefficient (Wildman–Crippen LogP) is 3.52. The van der Waals surface area contributed by atoms with Crippen molar-refractivity contribution >= 4 is 15.8 Å². The molecule has 158 valence electrons. The summed E-state index contributed by atoms with van der Waals surface area (Å²) in [7, 11) is -3.83. The highest BCUT2D eigenvalue weighted by molar-refractivity contribution is 7.89. The van der Waals surface area contributed by atoms with Crippen molar-refractivity contribution in [2.75, 3.05) is 6.61 Å². The monoisotopic (exact) mass is 431 g/mol. The maximum atomic E-state index is 13.4. The molecule has 3 aromatic rings. The summed E-state index contributed by atoms with van der Waals surface area (Å²) >= 11 is 0. The van der Waals surface area contributed by atoms with Gasteiger partial charge in [-0.3, -0.25) is 9.89 Å². The van der Waals surface area contributed by atoms with Gasteiger partial charge in [0.2, 0.25) is 15.9 Å². The molecule has 0 aliphatic heterocycles. The third-order valence-electron chi connectivity index (χ3n) is 4.51. The van der Waals surface area contributed by atoms with Gasteiger partial charge in [-0.1, -0.05) is 45.0 Å². The summed E-state index contributed by atoms with van der Waals surface area (Å²) in [5, 5.41) is 12.2. The number of benzene rings is 2. The Morgan fingerprint density at radius 2 is 1.63 bits per heavy atom. The number of sulfonamides is 1. The van der Waals surface area contributed by atoms with Crippen LogP contribution in [0.2, 0.25) is 0 Å². The summed E-state index contributed by atoms with van der Waals surface area (Å²) < 4.78 is 42.1. The number of hydrogen-bond acceptors (Lipinski definition) is 5. The maximum absolute atomic E-state index is 13.4. The first-order valence-corrected chi connectivity index (χ1v) is 10.6. The highest BCUT2D eigenvalue weighted by atomic mass is 32.2. The second kappa shape index (κ2) is 8.00. The lowest BCUT2D eigenvalue weighted by atomic mass is 9.91. The summed E-state index contributed by atoms with van der Waals surface area (Å²) in [6.07, 6.45) is 0. The molecule has 0 unspecified atom stereocenters. The van der Waals surface area contributed by atoms with Crippen LogP contribution in [0.5, 0.6) is 5.88 Å². The second-order valence-electron chi connectivity index (χ2n) is 7.82. The number of carbonyl (C=O) groups is 1. The zero-order valence-electron chi connectivity index (χ0n) is 16.8. The van der Waals surface area contributed by atoms with Crippen molar-refractivity contribution in [2.24, 2.45) is 10.6 Å². The maximum Gasteiger partial charge on any atom is 0.241 e. The van der Waals surface area contributed by atoms with E-state index in [0.717, 1.165) is 0 Å². The molecule has 7 nitrogen and oxygen atoms in total. The van der Waals surface area contributed by atoms with Gasteiger partial charge >= 0.3 is 0 Å². The van der Waals surface area contributed by atoms with Gasteiger partial charge in [-0.15, -0.1) is 5.10 Å². The highest BCUT2D eigenvalue weighted by Gasteiger charge is 2.24. The van der Waals surface area contributed by atoms with Crippen molar-refractivity contribution < 1.29 is 22.3 Å². The first-order chi connectivity index (χ1) is 14.0. The van der Waals surface area contributed by atoms with Crippen LogP contribution in [-0.2, 0) is 14.8 Å². The standard InChI is InChI=1S/C21H22FN3O4S/c1-21(2,3)17(26)12-29-20-18(13-4-8-15(22)9-5-13)19(24-25-20)14-6-10-16(11-7-14)30(23,27)28/h4-11H,12H2,1-3H3,(H,24,25)(H2,23,27,28). The van der Waals surface area contributed by atoms with Gasteiger partial charge in [-0.2, -0.15) is 0 Å². The zero-order valence-corrected chi connectivity index (χ0v) is 17.6. The minimum absolute atomic E-state index is 0.0265. The quantitative estimate of drug-likeness (QED) is 0.620. The Bertz CT molecular complexity index is 1160. The summed E-state index contributed by atoms with van der Waals surface area (Å²) in [6.45, 7) is 5.21. The van der Waals surface area contributed by atoms with Crippen molar-refractivity contribution in [3.05, 3.63) is 54.3 Å². The van der Waals surface area contributed by atoms with E-state index < -0.39 is 21.3 Å². The number of Topliss-reactive ketones (excluding diaryl/α,β-unsaturated/α-hetero) is 1. The number of ketones is 1. The number of primary sulfonamides is 1. The molecule has 2 aromatic carbocycles. The molecular weight excluding hydrogens is 409 g/mol. The van der Waals surface area contributed by atoms with E-state index in [9.17, 15) is 17.6 Å². The fourth-order valence-corrected chi connectivity index (χ4v) is 3.20. The number of nitrogens with two attached hydrogens (primary N) is 1. The number of nitrogens with one attached hydrogen (secondary N) is 1. The average Bonchev–Trinajstić information content (AvgIpc) is 3.09. The molecule has 0 aliphatic carbocycles. The largest absolute Gasteiger partial charge is 0.468 e. The normalized spacial score (nSPS) is 12.0. The smallest absolute Gasteiger partial charge is 0.241 e. The molecule has 0 saturated heterocycles. The number of rotatable bonds is 6. The fourth-order valence-electron chi connectivity index (χ4n) is 2.68. The van der Waals surface area contributed by atoms with Crippen LogP contribution in [0.25, 0.3) is 22.4 Å². The van der Waals surface area contributed by atoms with Gasteiger partial charge in [0.05, 0.1) is 16.2 Å². The Balaban J connectivity index is 2.04. The Kier molecular flexibility index (Phi) is 5.78. The molecule has 0 amide bonds. The van der Waals surface area contributed by atoms with Crippen LogP contribution in [0.1, 0.15) is 20.8 Å². The predicted molar refractivity (Wildman–Crippen MR) is 111 cm³/mol. The minimum atomic E-state index is -3.83. The number of hydrogen-bond donors (Lipinski definition) is 2. The lowest BCUT2D eigenvalue weighted by molar-refractivity contribution is -0.128. The molecule has 9 heteroatoms. The van der Waals surface area contributed by atoms with Crippen LogP contribution in [-0.4, -0.2) is 31.0 Å². The average molecular weight is 431 g/mol. The summed E-state index contributed by atoms with van der Waals surface area (Å²) in [5.74, 6) is -0.314. The van der Waals surface area contributed by atoms with Gasteiger partial charge in [0.25, 0.3) is 0 Å². The number of nitrogens with zero attached hydrogens (tertiary/aromatic N) is 1. The summed E-state index contributed by atoms with van der Waals surface area (Å²) in [4.78, 5) is 12.2. The minimum Gasteiger partial charge on any atom is -0.468 e. The first kappa shape index (κ1) is 21.7. The van der Waals surface area contributed by atoms with Gasteiger partial charge in [-0.05, 0) is 29.8 Å². The van der Waals surface area contributed by atoms with Gasteiger partial charge in [0.1, 0.15) is 12.4 Å². The molecule has 1 aromatic heterocycles. The fraction of sp³-hybridized carbons (Fsp3) is 0.238. The van der Waals surface area contributed by atoms with Gasteiger partial charge in [0.15, 0.2) is 5.78 Å². The van der Waals surface area contributed by atoms with Crippen LogP contribution in [0.3, 0.4) is 0 Å². The zero-order chi connectivity index (χ0) is 22.1. The van der Waals surface area contributed by atoms with Crippen molar-refractivity contribution in [3.8, 4) is 28.3 Å². The number of H-pyrrole nitrogens is 1. The molecule has 0 radical (unpaired) electrons. The third-order valence-corrected chi connectivity index (χ3v) is 5.44. The first-order valence-electron chi connectivity index (χ1n) is 9.10. The number of ether oxygens (including phenoxy) is 1. The van der Waals surface area contributed by atoms with Crippen LogP contribution in [0.15, 0.2) is 53.4 Å². The molecule has 0 spiro atoms. The third kappa shape index (κ3) is 4.74. The Morgan fingerprint density at radius 1 is 1.07 bits per heavy atom. The van der Waals surface area contributed by atoms with Crippen molar-refractivity contribution in [1.82, 2.24) is 10.2 Å². The van der Waals surface area contributed by atoms with E-state index in [0.29, 0.717) is 22.4 Å².